The number of anilines is 2. The van der Waals surface area contributed by atoms with Gasteiger partial charge in [0.05, 0.1) is 6.61 Å². The Morgan fingerprint density at radius 2 is 2.16 bits per heavy atom. The van der Waals surface area contributed by atoms with Crippen LogP contribution >= 0.6 is 11.6 Å². The number of nitrogens with zero attached hydrogens (tertiary/aromatic N) is 1. The Morgan fingerprint density at radius 1 is 1.42 bits per heavy atom. The molecule has 1 fully saturated rings. The van der Waals surface area contributed by atoms with E-state index >= 15 is 0 Å². The molecular formula is C13H17ClN2O3. The van der Waals surface area contributed by atoms with Crippen molar-refractivity contribution in [2.75, 3.05) is 36.5 Å². The minimum absolute atomic E-state index is 0.0165. The maximum absolute atomic E-state index is 11.7. The molecule has 6 heteroatoms. The Morgan fingerprint density at radius 3 is 2.79 bits per heavy atom. The molecule has 0 aromatic heterocycles. The summed E-state index contributed by atoms with van der Waals surface area (Å²) in [5, 5.41) is 12.1. The van der Waals surface area contributed by atoms with Gasteiger partial charge in [0.25, 0.3) is 5.91 Å². The van der Waals surface area contributed by atoms with Crippen molar-refractivity contribution in [3.63, 3.8) is 0 Å². The first-order chi connectivity index (χ1) is 9.16. The molecular weight excluding hydrogens is 268 g/mol. The highest BCUT2D eigenvalue weighted by Crippen LogP contribution is 2.19. The second-order valence-corrected chi connectivity index (χ2v) is 4.80. The van der Waals surface area contributed by atoms with Crippen molar-refractivity contribution in [1.29, 1.82) is 0 Å². The first kappa shape index (κ1) is 14.1. The number of aliphatic hydroxyl groups excluding tert-OH is 1. The van der Waals surface area contributed by atoms with E-state index in [1.807, 2.05) is 24.3 Å². The molecule has 0 saturated carbocycles. The average Bonchev–Trinajstić information content (AvgIpc) is 2.40. The number of benzene rings is 1. The van der Waals surface area contributed by atoms with E-state index in [4.69, 9.17) is 21.4 Å². The number of hydrogen-bond acceptors (Lipinski definition) is 4. The number of morpholine rings is 1. The number of alkyl halides is 1. The van der Waals surface area contributed by atoms with E-state index in [1.54, 1.807) is 4.90 Å². The van der Waals surface area contributed by atoms with E-state index in [-0.39, 0.29) is 12.5 Å². The number of carbonyl (C=O) groups is 1. The molecule has 1 aromatic rings. The van der Waals surface area contributed by atoms with Crippen LogP contribution in [-0.2, 0) is 9.53 Å². The fraction of sp³-hybridized carbons (Fsp3) is 0.462. The summed E-state index contributed by atoms with van der Waals surface area (Å²) in [6.45, 7) is 1.90. The first-order valence-electron chi connectivity index (χ1n) is 6.21. The molecule has 0 radical (unpaired) electrons. The molecule has 1 atom stereocenters. The molecule has 1 aliphatic rings. The van der Waals surface area contributed by atoms with Crippen LogP contribution in [0, 0.1) is 0 Å². The standard InChI is InChI=1S/C13H17ClN2O3/c14-12(17)5-6-15-10-1-3-11(4-2-10)16-7-8-19-9-13(16)18/h1-4,12,15,17H,5-9H2. The van der Waals surface area contributed by atoms with Crippen LogP contribution in [0.5, 0.6) is 0 Å². The molecule has 2 N–H and O–H groups in total. The third-order valence-corrected chi connectivity index (χ3v) is 3.09. The molecule has 1 heterocycles. The summed E-state index contributed by atoms with van der Waals surface area (Å²) in [4.78, 5) is 13.4. The molecule has 1 amide bonds. The maximum atomic E-state index is 11.7. The largest absolute Gasteiger partial charge is 0.385 e. The van der Waals surface area contributed by atoms with E-state index in [0.29, 0.717) is 26.1 Å². The lowest BCUT2D eigenvalue weighted by Gasteiger charge is -2.27. The summed E-state index contributed by atoms with van der Waals surface area (Å²) in [6, 6.07) is 7.59. The number of nitrogens with one attached hydrogen (secondary N) is 1. The second-order valence-electron chi connectivity index (χ2n) is 4.29. The Labute approximate surface area is 117 Å². The minimum atomic E-state index is -0.822. The molecule has 2 rings (SSSR count). The van der Waals surface area contributed by atoms with Gasteiger partial charge in [0.2, 0.25) is 0 Å². The molecule has 0 aliphatic carbocycles. The maximum Gasteiger partial charge on any atom is 0.253 e. The van der Waals surface area contributed by atoms with Gasteiger partial charge in [0.1, 0.15) is 12.2 Å². The molecule has 1 aliphatic heterocycles. The van der Waals surface area contributed by atoms with E-state index in [2.05, 4.69) is 5.32 Å². The predicted octanol–water partition coefficient (Wildman–Crippen LogP) is 1.41. The highest BCUT2D eigenvalue weighted by atomic mass is 35.5. The van der Waals surface area contributed by atoms with Crippen LogP contribution in [0.25, 0.3) is 0 Å². The smallest absolute Gasteiger partial charge is 0.253 e. The Bertz CT molecular complexity index is 422. The Balaban J connectivity index is 1.92. The molecule has 5 nitrogen and oxygen atoms in total. The Kier molecular flexibility index (Phi) is 5.01. The fourth-order valence-corrected chi connectivity index (χ4v) is 1.99. The van der Waals surface area contributed by atoms with Crippen LogP contribution in [0.1, 0.15) is 6.42 Å². The lowest BCUT2D eigenvalue weighted by atomic mass is 10.2. The van der Waals surface area contributed by atoms with Crippen molar-refractivity contribution in [1.82, 2.24) is 0 Å². The van der Waals surface area contributed by atoms with Gasteiger partial charge in [-0.25, -0.2) is 0 Å². The number of ether oxygens (including phenoxy) is 1. The van der Waals surface area contributed by atoms with Gasteiger partial charge in [-0.1, -0.05) is 11.6 Å². The molecule has 104 valence electrons. The van der Waals surface area contributed by atoms with Gasteiger partial charge in [0, 0.05) is 30.9 Å². The zero-order valence-electron chi connectivity index (χ0n) is 10.5. The van der Waals surface area contributed by atoms with Crippen molar-refractivity contribution in [3.05, 3.63) is 24.3 Å². The van der Waals surface area contributed by atoms with E-state index < -0.39 is 5.56 Å². The highest BCUT2D eigenvalue weighted by molar-refractivity contribution is 6.19. The highest BCUT2D eigenvalue weighted by Gasteiger charge is 2.19. The molecule has 1 saturated heterocycles. The van der Waals surface area contributed by atoms with Crippen molar-refractivity contribution in [2.24, 2.45) is 0 Å². The predicted molar refractivity (Wildman–Crippen MR) is 74.6 cm³/mol. The number of carbonyl (C=O) groups excluding carboxylic acids is 1. The zero-order valence-corrected chi connectivity index (χ0v) is 11.3. The van der Waals surface area contributed by atoms with Crippen LogP contribution in [0.3, 0.4) is 0 Å². The molecule has 1 unspecified atom stereocenters. The second kappa shape index (κ2) is 6.75. The Hall–Kier alpha value is -1.30. The normalized spacial score (nSPS) is 17.4. The molecule has 19 heavy (non-hydrogen) atoms. The fourth-order valence-electron chi connectivity index (χ4n) is 1.89. The summed E-state index contributed by atoms with van der Waals surface area (Å²) in [5.74, 6) is -0.0165. The van der Waals surface area contributed by atoms with E-state index in [9.17, 15) is 4.79 Å². The van der Waals surface area contributed by atoms with Crippen LogP contribution in [0.2, 0.25) is 0 Å². The third kappa shape index (κ3) is 4.09. The molecule has 0 spiro atoms. The average molecular weight is 285 g/mol. The van der Waals surface area contributed by atoms with E-state index in [1.165, 1.54) is 0 Å². The zero-order chi connectivity index (χ0) is 13.7. The van der Waals surface area contributed by atoms with Gasteiger partial charge in [-0.15, -0.1) is 0 Å². The number of halogens is 1. The minimum Gasteiger partial charge on any atom is -0.385 e. The van der Waals surface area contributed by atoms with Crippen LogP contribution in [-0.4, -0.2) is 42.9 Å². The molecule has 1 aromatic carbocycles. The van der Waals surface area contributed by atoms with Gasteiger partial charge in [0.15, 0.2) is 0 Å². The van der Waals surface area contributed by atoms with Crippen molar-refractivity contribution >= 4 is 28.9 Å². The summed E-state index contributed by atoms with van der Waals surface area (Å²) in [5.41, 5.74) is 0.982. The number of amides is 1. The monoisotopic (exact) mass is 284 g/mol. The first-order valence-corrected chi connectivity index (χ1v) is 6.64. The van der Waals surface area contributed by atoms with Crippen LogP contribution in [0.4, 0.5) is 11.4 Å². The van der Waals surface area contributed by atoms with Gasteiger partial charge in [-0.2, -0.15) is 0 Å². The number of aliphatic hydroxyl groups is 1. The van der Waals surface area contributed by atoms with Gasteiger partial charge in [-0.3, -0.25) is 4.79 Å². The van der Waals surface area contributed by atoms with Crippen molar-refractivity contribution in [2.45, 2.75) is 12.0 Å². The summed E-state index contributed by atoms with van der Waals surface area (Å²) in [7, 11) is 0. The van der Waals surface area contributed by atoms with Gasteiger partial charge >= 0.3 is 0 Å². The summed E-state index contributed by atoms with van der Waals surface area (Å²) < 4.78 is 5.09. The lowest BCUT2D eigenvalue weighted by Crippen LogP contribution is -2.41. The van der Waals surface area contributed by atoms with Gasteiger partial charge < -0.3 is 20.1 Å². The van der Waals surface area contributed by atoms with Crippen molar-refractivity contribution in [3.8, 4) is 0 Å². The van der Waals surface area contributed by atoms with Crippen LogP contribution < -0.4 is 10.2 Å². The van der Waals surface area contributed by atoms with Gasteiger partial charge in [-0.05, 0) is 24.3 Å². The number of rotatable bonds is 5. The SMILES string of the molecule is O=C1COCCN1c1ccc(NCCC(O)Cl)cc1. The topological polar surface area (TPSA) is 61.8 Å². The summed E-state index contributed by atoms with van der Waals surface area (Å²) in [6.07, 6.45) is 0.477. The third-order valence-electron chi connectivity index (χ3n) is 2.88. The number of hydrogen-bond donors (Lipinski definition) is 2. The van der Waals surface area contributed by atoms with E-state index in [0.717, 1.165) is 11.4 Å². The molecule has 0 bridgehead atoms. The van der Waals surface area contributed by atoms with Crippen LogP contribution in [0.15, 0.2) is 24.3 Å². The van der Waals surface area contributed by atoms with Crippen molar-refractivity contribution < 1.29 is 14.6 Å². The summed E-state index contributed by atoms with van der Waals surface area (Å²) >= 11 is 5.45. The lowest BCUT2D eigenvalue weighted by molar-refractivity contribution is -0.125. The quantitative estimate of drug-likeness (QED) is 0.803.